The number of pyridine rings is 1. The van der Waals surface area contributed by atoms with E-state index >= 15 is 0 Å². The van der Waals surface area contributed by atoms with Crippen LogP contribution in [-0.4, -0.2) is 18.4 Å². The van der Waals surface area contributed by atoms with E-state index in [0.29, 0.717) is 0 Å². The van der Waals surface area contributed by atoms with Gasteiger partial charge in [-0.25, -0.2) is 0 Å². The molecule has 27 heavy (non-hydrogen) atoms. The number of rotatable bonds is 6. The zero-order valence-electron chi connectivity index (χ0n) is 17.3. The Morgan fingerprint density at radius 3 is 2.67 bits per heavy atom. The number of unbranched alkanes of at least 4 members (excludes halogenated alkanes) is 1. The van der Waals surface area contributed by atoms with Crippen molar-refractivity contribution in [2.75, 3.05) is 11.6 Å². The molecule has 0 aliphatic carbocycles. The van der Waals surface area contributed by atoms with E-state index in [-0.39, 0.29) is 17.2 Å². The van der Waals surface area contributed by atoms with Crippen LogP contribution in [0.1, 0.15) is 72.1 Å². The molecule has 2 aliphatic rings. The zero-order chi connectivity index (χ0) is 19.2. The van der Waals surface area contributed by atoms with Gasteiger partial charge in [0.15, 0.2) is 0 Å². The zero-order valence-corrected chi connectivity index (χ0v) is 17.3. The predicted molar refractivity (Wildman–Crippen MR) is 111 cm³/mol. The van der Waals surface area contributed by atoms with Gasteiger partial charge >= 0.3 is 5.82 Å². The Morgan fingerprint density at radius 2 is 1.96 bits per heavy atom. The van der Waals surface area contributed by atoms with Crippen LogP contribution < -0.4 is 9.58 Å². The van der Waals surface area contributed by atoms with Crippen LogP contribution in [0.25, 0.3) is 10.8 Å². The van der Waals surface area contributed by atoms with Crippen LogP contribution in [-0.2, 0) is 10.2 Å². The molecule has 4 heteroatoms. The molecule has 0 saturated carbocycles. The summed E-state index contributed by atoms with van der Waals surface area (Å²) in [6.07, 6.45) is 8.33. The number of hydrogen-bond acceptors (Lipinski definition) is 3. The summed E-state index contributed by atoms with van der Waals surface area (Å²) < 4.78 is 8.45. The smallest absolute Gasteiger partial charge is 0.313 e. The molecule has 3 heterocycles. The number of aromatic nitrogens is 1. The molecule has 1 aromatic heterocycles. The number of hydrogen-bond donors (Lipinski definition) is 0. The van der Waals surface area contributed by atoms with E-state index in [2.05, 4.69) is 74.7 Å². The minimum atomic E-state index is -0.132. The quantitative estimate of drug-likeness (QED) is 0.526. The topological polar surface area (TPSA) is 28.7 Å². The van der Waals surface area contributed by atoms with Crippen LogP contribution in [0, 0.1) is 0 Å². The second-order valence-electron chi connectivity index (χ2n) is 8.32. The number of ether oxygens (including phenoxy) is 1. The fourth-order valence-corrected chi connectivity index (χ4v) is 4.92. The second-order valence-corrected chi connectivity index (χ2v) is 8.32. The number of benzene rings is 1. The SMILES string of the molecule is CCCCOC1C=NN2c3c4c(cccc4cc[n+]31)C(C)(CC)C2(C)CC. The van der Waals surface area contributed by atoms with Gasteiger partial charge in [0, 0.05) is 5.41 Å². The number of anilines is 1. The largest absolute Gasteiger partial charge is 0.335 e. The molecule has 2 aromatic rings. The first-order valence-corrected chi connectivity index (χ1v) is 10.4. The predicted octanol–water partition coefficient (Wildman–Crippen LogP) is 5.10. The van der Waals surface area contributed by atoms with Crippen LogP contribution >= 0.6 is 0 Å². The first-order valence-electron chi connectivity index (χ1n) is 10.4. The fourth-order valence-electron chi connectivity index (χ4n) is 4.92. The Balaban J connectivity index is 1.98. The van der Waals surface area contributed by atoms with E-state index in [9.17, 15) is 0 Å². The number of hydrazone groups is 1. The van der Waals surface area contributed by atoms with Gasteiger partial charge in [0.2, 0.25) is 6.23 Å². The molecule has 0 bridgehead atoms. The summed E-state index contributed by atoms with van der Waals surface area (Å²) in [6.45, 7) is 12.3. The van der Waals surface area contributed by atoms with Gasteiger partial charge in [0.1, 0.15) is 11.8 Å². The molecule has 1 aromatic carbocycles. The van der Waals surface area contributed by atoms with Gasteiger partial charge in [-0.2, -0.15) is 4.57 Å². The maximum Gasteiger partial charge on any atom is 0.313 e. The maximum absolute atomic E-state index is 6.18. The van der Waals surface area contributed by atoms with Gasteiger partial charge in [-0.15, -0.1) is 5.01 Å². The number of nitrogens with zero attached hydrogens (tertiary/aromatic N) is 3. The van der Waals surface area contributed by atoms with Crippen LogP contribution in [0.3, 0.4) is 0 Å². The summed E-state index contributed by atoms with van der Waals surface area (Å²) in [5.74, 6) is 1.18. The Bertz CT molecular complexity index is 893. The first kappa shape index (κ1) is 18.4. The lowest BCUT2D eigenvalue weighted by atomic mass is 9.61. The molecule has 4 nitrogen and oxygen atoms in total. The Hall–Kier alpha value is -1.94. The average molecular weight is 367 g/mol. The van der Waals surface area contributed by atoms with E-state index < -0.39 is 0 Å². The van der Waals surface area contributed by atoms with E-state index in [1.807, 2.05) is 6.21 Å². The Kier molecular flexibility index (Phi) is 4.50. The van der Waals surface area contributed by atoms with Gasteiger partial charge in [-0.1, -0.05) is 57.4 Å². The molecule has 0 N–H and O–H groups in total. The van der Waals surface area contributed by atoms with E-state index in [0.717, 1.165) is 32.3 Å². The van der Waals surface area contributed by atoms with Gasteiger partial charge in [0.05, 0.1) is 18.2 Å². The van der Waals surface area contributed by atoms with Crippen molar-refractivity contribution in [3.05, 3.63) is 36.0 Å². The summed E-state index contributed by atoms with van der Waals surface area (Å²) >= 11 is 0. The molecule has 0 fully saturated rings. The lowest BCUT2D eigenvalue weighted by molar-refractivity contribution is -0.732. The summed E-state index contributed by atoms with van der Waals surface area (Å²) in [6, 6.07) is 8.97. The molecule has 0 radical (unpaired) electrons. The highest BCUT2D eigenvalue weighted by Crippen LogP contribution is 2.53. The third-order valence-corrected chi connectivity index (χ3v) is 7.20. The molecule has 4 rings (SSSR count). The molecule has 0 amide bonds. The van der Waals surface area contributed by atoms with Crippen molar-refractivity contribution in [1.82, 2.24) is 0 Å². The fraction of sp³-hybridized carbons (Fsp3) is 0.565. The molecule has 3 unspecified atom stereocenters. The Morgan fingerprint density at radius 1 is 1.15 bits per heavy atom. The first-order chi connectivity index (χ1) is 13.0. The van der Waals surface area contributed by atoms with Gasteiger partial charge < -0.3 is 4.74 Å². The van der Waals surface area contributed by atoms with E-state index in [1.165, 1.54) is 22.2 Å². The maximum atomic E-state index is 6.18. The standard InChI is InChI=1S/C23H32N3O/c1-6-9-15-27-19-16-24-26-21-20-17(13-14-25(19)21)11-10-12-18(20)22(4,7-2)23(26,5)8-3/h10-14,16,19H,6-9,15H2,1-5H3/q+1. The summed E-state index contributed by atoms with van der Waals surface area (Å²) in [5.41, 5.74) is 1.38. The molecule has 0 spiro atoms. The molecule has 3 atom stereocenters. The molecular weight excluding hydrogens is 334 g/mol. The minimum absolute atomic E-state index is 0.0285. The van der Waals surface area contributed by atoms with Crippen molar-refractivity contribution in [3.63, 3.8) is 0 Å². The third-order valence-electron chi connectivity index (χ3n) is 7.20. The highest BCUT2D eigenvalue weighted by atomic mass is 16.5. The van der Waals surface area contributed by atoms with Crippen molar-refractivity contribution >= 4 is 22.8 Å². The summed E-state index contributed by atoms with van der Waals surface area (Å²) in [5, 5.41) is 9.87. The van der Waals surface area contributed by atoms with Crippen LogP contribution in [0.2, 0.25) is 0 Å². The highest BCUT2D eigenvalue weighted by molar-refractivity contribution is 5.97. The van der Waals surface area contributed by atoms with Crippen molar-refractivity contribution in [2.45, 2.75) is 77.5 Å². The van der Waals surface area contributed by atoms with E-state index in [4.69, 9.17) is 9.84 Å². The third kappa shape index (κ3) is 2.39. The molecule has 144 valence electrons. The van der Waals surface area contributed by atoms with Gasteiger partial charge in [0.25, 0.3) is 0 Å². The van der Waals surface area contributed by atoms with Gasteiger partial charge in [-0.05, 0) is 43.2 Å². The van der Waals surface area contributed by atoms with Crippen molar-refractivity contribution in [2.24, 2.45) is 5.10 Å². The van der Waals surface area contributed by atoms with Crippen molar-refractivity contribution < 1.29 is 9.30 Å². The van der Waals surface area contributed by atoms with Crippen LogP contribution in [0.15, 0.2) is 35.6 Å². The lowest BCUT2D eigenvalue weighted by Crippen LogP contribution is -2.65. The summed E-state index contributed by atoms with van der Waals surface area (Å²) in [4.78, 5) is 0. The van der Waals surface area contributed by atoms with Crippen LogP contribution in [0.4, 0.5) is 5.82 Å². The highest BCUT2D eigenvalue weighted by Gasteiger charge is 2.59. The monoisotopic (exact) mass is 366 g/mol. The van der Waals surface area contributed by atoms with Crippen molar-refractivity contribution in [1.29, 1.82) is 0 Å². The minimum Gasteiger partial charge on any atom is -0.335 e. The lowest BCUT2D eigenvalue weighted by Gasteiger charge is -2.50. The Labute approximate surface area is 162 Å². The van der Waals surface area contributed by atoms with Crippen LogP contribution in [0.5, 0.6) is 0 Å². The summed E-state index contributed by atoms with van der Waals surface area (Å²) in [7, 11) is 0. The van der Waals surface area contributed by atoms with E-state index in [1.54, 1.807) is 0 Å². The molecular formula is C23H32N3O+. The normalized spacial score (nSPS) is 28.8. The second kappa shape index (κ2) is 6.59. The molecule has 0 saturated heterocycles. The van der Waals surface area contributed by atoms with Gasteiger partial charge in [-0.3, -0.25) is 0 Å². The van der Waals surface area contributed by atoms with Crippen molar-refractivity contribution in [3.8, 4) is 0 Å². The molecule has 2 aliphatic heterocycles. The average Bonchev–Trinajstić information content (AvgIpc) is 2.71.